The van der Waals surface area contributed by atoms with E-state index in [2.05, 4.69) is 12.2 Å². The van der Waals surface area contributed by atoms with Crippen LogP contribution in [-0.4, -0.2) is 50.6 Å². The van der Waals surface area contributed by atoms with Crippen molar-refractivity contribution in [2.45, 2.75) is 25.7 Å². The van der Waals surface area contributed by atoms with E-state index in [0.29, 0.717) is 36.7 Å². The van der Waals surface area contributed by atoms with Crippen LogP contribution >= 0.6 is 0 Å². The van der Waals surface area contributed by atoms with Crippen LogP contribution in [0.15, 0.2) is 48.5 Å². The van der Waals surface area contributed by atoms with Gasteiger partial charge in [0.2, 0.25) is 5.91 Å². The van der Waals surface area contributed by atoms with E-state index < -0.39 is 0 Å². The first-order chi connectivity index (χ1) is 14.6. The number of methoxy groups -OCH3 is 2. The molecule has 6 heteroatoms. The minimum Gasteiger partial charge on any atom is -0.493 e. The van der Waals surface area contributed by atoms with Crippen molar-refractivity contribution >= 4 is 11.8 Å². The van der Waals surface area contributed by atoms with Crippen molar-refractivity contribution in [2.75, 3.05) is 33.9 Å². The summed E-state index contributed by atoms with van der Waals surface area (Å²) in [5.74, 6) is 0.617. The van der Waals surface area contributed by atoms with Crippen LogP contribution in [0.2, 0.25) is 0 Å². The molecule has 0 spiro atoms. The van der Waals surface area contributed by atoms with E-state index in [-0.39, 0.29) is 23.7 Å². The van der Waals surface area contributed by atoms with Crippen molar-refractivity contribution in [1.82, 2.24) is 10.2 Å². The van der Waals surface area contributed by atoms with Gasteiger partial charge in [0.25, 0.3) is 5.91 Å². The number of para-hydroxylation sites is 1. The molecule has 2 aromatic carbocycles. The summed E-state index contributed by atoms with van der Waals surface area (Å²) in [5.41, 5.74) is 1.51. The monoisotopic (exact) mass is 410 g/mol. The Morgan fingerprint density at radius 2 is 1.80 bits per heavy atom. The quantitative estimate of drug-likeness (QED) is 0.677. The molecular weight excluding hydrogens is 380 g/mol. The molecule has 1 heterocycles. The van der Waals surface area contributed by atoms with Crippen molar-refractivity contribution in [1.29, 1.82) is 0 Å². The first kappa shape index (κ1) is 21.7. The molecule has 3 rings (SSSR count). The van der Waals surface area contributed by atoms with E-state index in [1.54, 1.807) is 31.3 Å². The van der Waals surface area contributed by atoms with Crippen LogP contribution in [0.5, 0.6) is 11.5 Å². The Morgan fingerprint density at radius 1 is 1.03 bits per heavy atom. The molecule has 2 aromatic rings. The molecule has 30 heavy (non-hydrogen) atoms. The molecule has 0 saturated carbocycles. The maximum absolute atomic E-state index is 13.1. The molecule has 0 bridgehead atoms. The van der Waals surface area contributed by atoms with Gasteiger partial charge in [0, 0.05) is 36.7 Å². The molecular formula is C24H30N2O4. The second-order valence-corrected chi connectivity index (χ2v) is 7.52. The Labute approximate surface area is 178 Å². The third kappa shape index (κ3) is 4.58. The highest BCUT2D eigenvalue weighted by atomic mass is 16.5. The SMILES string of the molecule is CCCCNC(=O)[C@@H]1CN(C(=O)c2ccccc2)C[C@H]1c1cccc(OC)c1OC. The lowest BCUT2D eigenvalue weighted by molar-refractivity contribution is -0.124. The molecule has 6 nitrogen and oxygen atoms in total. The number of benzene rings is 2. The number of unbranched alkanes of at least 4 members (excludes halogenated alkanes) is 1. The number of likely N-dealkylation sites (tertiary alicyclic amines) is 1. The van der Waals surface area contributed by atoms with Gasteiger partial charge >= 0.3 is 0 Å². The summed E-state index contributed by atoms with van der Waals surface area (Å²) >= 11 is 0. The summed E-state index contributed by atoms with van der Waals surface area (Å²) < 4.78 is 11.1. The standard InChI is InChI=1S/C24H30N2O4/c1-4-5-14-25-23(27)20-16-26(24(28)17-10-7-6-8-11-17)15-19(20)18-12-9-13-21(29-2)22(18)30-3/h6-13,19-20H,4-5,14-16H2,1-3H3,(H,25,27)/t19-,20+/m0/s1. The topological polar surface area (TPSA) is 67.9 Å². The van der Waals surface area contributed by atoms with Crippen LogP contribution in [0.3, 0.4) is 0 Å². The third-order valence-electron chi connectivity index (χ3n) is 5.63. The number of rotatable bonds is 8. The first-order valence-corrected chi connectivity index (χ1v) is 10.4. The highest BCUT2D eigenvalue weighted by Gasteiger charge is 2.42. The lowest BCUT2D eigenvalue weighted by Gasteiger charge is -2.21. The average Bonchev–Trinajstić information content (AvgIpc) is 3.24. The fourth-order valence-electron chi connectivity index (χ4n) is 4.04. The van der Waals surface area contributed by atoms with Gasteiger partial charge < -0.3 is 19.7 Å². The number of nitrogens with one attached hydrogen (secondary N) is 1. The summed E-state index contributed by atoms with van der Waals surface area (Å²) in [6, 6.07) is 14.9. The Hall–Kier alpha value is -3.02. The predicted molar refractivity (Wildman–Crippen MR) is 116 cm³/mol. The molecule has 0 aromatic heterocycles. The lowest BCUT2D eigenvalue weighted by atomic mass is 9.87. The molecule has 1 aliphatic rings. The molecule has 160 valence electrons. The first-order valence-electron chi connectivity index (χ1n) is 10.4. The Kier molecular flexibility index (Phi) is 7.33. The van der Waals surface area contributed by atoms with Crippen molar-refractivity contribution in [3.63, 3.8) is 0 Å². The van der Waals surface area contributed by atoms with E-state index in [0.717, 1.165) is 18.4 Å². The minimum absolute atomic E-state index is 0.0262. The summed E-state index contributed by atoms with van der Waals surface area (Å²) in [5, 5.41) is 3.04. The summed E-state index contributed by atoms with van der Waals surface area (Å²) in [4.78, 5) is 27.9. The minimum atomic E-state index is -0.351. The molecule has 1 N–H and O–H groups in total. The number of nitrogens with zero attached hydrogens (tertiary/aromatic N) is 1. The molecule has 1 fully saturated rings. The largest absolute Gasteiger partial charge is 0.493 e. The number of hydrogen-bond donors (Lipinski definition) is 1. The van der Waals surface area contributed by atoms with E-state index >= 15 is 0 Å². The molecule has 0 unspecified atom stereocenters. The van der Waals surface area contributed by atoms with Gasteiger partial charge in [-0.2, -0.15) is 0 Å². The van der Waals surface area contributed by atoms with Crippen LogP contribution in [0.1, 0.15) is 41.6 Å². The van der Waals surface area contributed by atoms with E-state index in [1.807, 2.05) is 36.4 Å². The van der Waals surface area contributed by atoms with Gasteiger partial charge in [-0.25, -0.2) is 0 Å². The van der Waals surface area contributed by atoms with E-state index in [1.165, 1.54) is 0 Å². The second-order valence-electron chi connectivity index (χ2n) is 7.52. The zero-order valence-electron chi connectivity index (χ0n) is 17.9. The molecule has 0 aliphatic carbocycles. The van der Waals surface area contributed by atoms with Crippen molar-refractivity contribution in [3.8, 4) is 11.5 Å². The van der Waals surface area contributed by atoms with Crippen LogP contribution in [0, 0.1) is 5.92 Å². The van der Waals surface area contributed by atoms with Gasteiger partial charge in [-0.15, -0.1) is 0 Å². The Balaban J connectivity index is 1.92. The van der Waals surface area contributed by atoms with Crippen LogP contribution in [-0.2, 0) is 4.79 Å². The summed E-state index contributed by atoms with van der Waals surface area (Å²) in [7, 11) is 3.19. The maximum atomic E-state index is 13.1. The Bertz CT molecular complexity index is 869. The fourth-order valence-corrected chi connectivity index (χ4v) is 4.04. The van der Waals surface area contributed by atoms with Crippen LogP contribution in [0.4, 0.5) is 0 Å². The lowest BCUT2D eigenvalue weighted by Crippen LogP contribution is -2.36. The van der Waals surface area contributed by atoms with Crippen molar-refractivity contribution < 1.29 is 19.1 Å². The van der Waals surface area contributed by atoms with Gasteiger partial charge in [-0.1, -0.05) is 43.7 Å². The third-order valence-corrected chi connectivity index (χ3v) is 5.63. The second kappa shape index (κ2) is 10.1. The number of hydrogen-bond acceptors (Lipinski definition) is 4. The number of amides is 2. The molecule has 1 saturated heterocycles. The zero-order valence-corrected chi connectivity index (χ0v) is 17.9. The number of carbonyl (C=O) groups excluding carboxylic acids is 2. The highest BCUT2D eigenvalue weighted by molar-refractivity contribution is 5.95. The van der Waals surface area contributed by atoms with Gasteiger partial charge in [-0.3, -0.25) is 9.59 Å². The van der Waals surface area contributed by atoms with Gasteiger partial charge in [0.15, 0.2) is 11.5 Å². The zero-order chi connectivity index (χ0) is 21.5. The normalized spacial score (nSPS) is 18.2. The van der Waals surface area contributed by atoms with Crippen molar-refractivity contribution in [3.05, 3.63) is 59.7 Å². The Morgan fingerprint density at radius 3 is 2.47 bits per heavy atom. The smallest absolute Gasteiger partial charge is 0.253 e. The number of carbonyl (C=O) groups is 2. The molecule has 1 aliphatic heterocycles. The molecule has 0 radical (unpaired) electrons. The molecule has 2 amide bonds. The number of ether oxygens (including phenoxy) is 2. The maximum Gasteiger partial charge on any atom is 0.253 e. The van der Waals surface area contributed by atoms with Gasteiger partial charge in [-0.05, 0) is 24.6 Å². The molecule has 2 atom stereocenters. The average molecular weight is 411 g/mol. The predicted octanol–water partition coefficient (Wildman–Crippen LogP) is 3.48. The highest BCUT2D eigenvalue weighted by Crippen LogP contribution is 2.42. The van der Waals surface area contributed by atoms with Gasteiger partial charge in [0.05, 0.1) is 20.1 Å². The fraction of sp³-hybridized carbons (Fsp3) is 0.417. The van der Waals surface area contributed by atoms with Crippen molar-refractivity contribution in [2.24, 2.45) is 5.92 Å². The summed E-state index contributed by atoms with van der Waals surface area (Å²) in [6.07, 6.45) is 1.94. The van der Waals surface area contributed by atoms with Crippen LogP contribution in [0.25, 0.3) is 0 Å². The van der Waals surface area contributed by atoms with Crippen LogP contribution < -0.4 is 14.8 Å². The van der Waals surface area contributed by atoms with E-state index in [4.69, 9.17) is 9.47 Å². The van der Waals surface area contributed by atoms with E-state index in [9.17, 15) is 9.59 Å². The van der Waals surface area contributed by atoms with Gasteiger partial charge in [0.1, 0.15) is 0 Å². The summed E-state index contributed by atoms with van der Waals surface area (Å²) in [6.45, 7) is 3.55.